The van der Waals surface area contributed by atoms with E-state index in [0.717, 1.165) is 28.9 Å². The van der Waals surface area contributed by atoms with E-state index in [2.05, 4.69) is 52.0 Å². The third-order valence-electron chi connectivity index (χ3n) is 7.24. The lowest BCUT2D eigenvalue weighted by Crippen LogP contribution is -2.09. The van der Waals surface area contributed by atoms with Gasteiger partial charge in [0.15, 0.2) is 5.78 Å². The van der Waals surface area contributed by atoms with Crippen LogP contribution < -0.4 is 0 Å². The third-order valence-corrected chi connectivity index (χ3v) is 8.45. The summed E-state index contributed by atoms with van der Waals surface area (Å²) in [7, 11) is 0. The summed E-state index contributed by atoms with van der Waals surface area (Å²) in [6, 6.07) is 12.6. The van der Waals surface area contributed by atoms with Crippen LogP contribution in [0.5, 0.6) is 0 Å². The van der Waals surface area contributed by atoms with E-state index < -0.39 is 0 Å². The number of unbranched alkanes of at least 4 members (excludes halogenated alkanes) is 6. The molecule has 0 spiro atoms. The summed E-state index contributed by atoms with van der Waals surface area (Å²) < 4.78 is 0. The van der Waals surface area contributed by atoms with Crippen LogP contribution in [0.1, 0.15) is 130 Å². The van der Waals surface area contributed by atoms with Crippen molar-refractivity contribution in [2.24, 2.45) is 0 Å². The minimum atomic E-state index is 0.216. The quantitative estimate of drug-likeness (QED) is 0.199. The van der Waals surface area contributed by atoms with Crippen LogP contribution in [-0.4, -0.2) is 5.78 Å². The minimum Gasteiger partial charge on any atom is -0.288 e. The maximum atomic E-state index is 13.7. The van der Waals surface area contributed by atoms with Crippen molar-refractivity contribution in [1.82, 2.24) is 0 Å². The van der Waals surface area contributed by atoms with E-state index in [-0.39, 0.29) is 5.78 Å². The van der Waals surface area contributed by atoms with Crippen LogP contribution in [0.4, 0.5) is 0 Å². The molecule has 2 aliphatic rings. The second-order valence-electron chi connectivity index (χ2n) is 9.75. The number of carbonyl (C=O) groups excluding carboxylic acids is 1. The summed E-state index contributed by atoms with van der Waals surface area (Å²) in [6.07, 6.45) is 17.1. The Hall–Kier alpha value is -1.80. The Kier molecular flexibility index (Phi) is 11.0. The standard InChI is InChI=1S/C32H44OS/c1-5-9-10-11-12-13-17-21-25(18-6-2)28-23-29-26(7-3)27(8-4)32(28)34-30(31(29)33)22-24-19-15-14-16-20-24/h14-16,19-20,22-23,25H,5-13,17-18,21H2,1-4H3. The zero-order valence-electron chi connectivity index (χ0n) is 21.9. The summed E-state index contributed by atoms with van der Waals surface area (Å²) in [5, 5.41) is 0. The number of rotatable bonds is 14. The van der Waals surface area contributed by atoms with E-state index in [1.54, 1.807) is 11.8 Å². The Balaban J connectivity index is 1.90. The van der Waals surface area contributed by atoms with Crippen molar-refractivity contribution >= 4 is 23.6 Å². The monoisotopic (exact) mass is 476 g/mol. The third kappa shape index (κ3) is 6.66. The molecule has 2 bridgehead atoms. The maximum absolute atomic E-state index is 13.7. The van der Waals surface area contributed by atoms with Gasteiger partial charge in [-0.25, -0.2) is 0 Å². The van der Waals surface area contributed by atoms with Gasteiger partial charge < -0.3 is 0 Å². The van der Waals surface area contributed by atoms with E-state index in [4.69, 9.17) is 0 Å². The minimum absolute atomic E-state index is 0.216. The molecule has 0 aliphatic carbocycles. The molecule has 34 heavy (non-hydrogen) atoms. The van der Waals surface area contributed by atoms with Gasteiger partial charge in [-0.05, 0) is 66.0 Å². The zero-order valence-corrected chi connectivity index (χ0v) is 22.7. The molecule has 0 radical (unpaired) electrons. The van der Waals surface area contributed by atoms with Gasteiger partial charge in [-0.15, -0.1) is 0 Å². The first-order valence-electron chi connectivity index (χ1n) is 13.8. The second kappa shape index (κ2) is 13.9. The molecule has 1 unspecified atom stereocenters. The van der Waals surface area contributed by atoms with Gasteiger partial charge in [0.1, 0.15) is 0 Å². The fourth-order valence-corrected chi connectivity index (χ4v) is 6.77. The Labute approximate surface area is 212 Å². The zero-order chi connectivity index (χ0) is 24.3. The van der Waals surface area contributed by atoms with Crippen molar-refractivity contribution in [2.75, 3.05) is 0 Å². The summed E-state index contributed by atoms with van der Waals surface area (Å²) in [5.41, 5.74) is 6.22. The van der Waals surface area contributed by atoms with Crippen molar-refractivity contribution in [3.63, 3.8) is 0 Å². The number of hydrogen-bond acceptors (Lipinski definition) is 2. The number of fused-ring (bicyclic) bond motifs is 4. The fraction of sp³-hybridized carbons (Fsp3) is 0.531. The van der Waals surface area contributed by atoms with Gasteiger partial charge in [-0.1, -0.05) is 121 Å². The fourth-order valence-electron chi connectivity index (χ4n) is 5.42. The number of allylic oxidation sites excluding steroid dienone is 1. The van der Waals surface area contributed by atoms with Crippen LogP contribution in [0.2, 0.25) is 0 Å². The lowest BCUT2D eigenvalue weighted by atomic mass is 9.83. The predicted octanol–water partition coefficient (Wildman–Crippen LogP) is 10.2. The number of ketones is 1. The average molecular weight is 477 g/mol. The lowest BCUT2D eigenvalue weighted by molar-refractivity contribution is 0.104. The highest BCUT2D eigenvalue weighted by atomic mass is 32.2. The van der Waals surface area contributed by atoms with Crippen LogP contribution in [0.15, 0.2) is 46.2 Å². The Morgan fingerprint density at radius 3 is 2.12 bits per heavy atom. The van der Waals surface area contributed by atoms with Gasteiger partial charge >= 0.3 is 0 Å². The number of hydrogen-bond donors (Lipinski definition) is 0. The number of benzene rings is 2. The first-order chi connectivity index (χ1) is 16.6. The van der Waals surface area contributed by atoms with E-state index >= 15 is 0 Å². The van der Waals surface area contributed by atoms with Gasteiger partial charge in [-0.2, -0.15) is 0 Å². The molecule has 184 valence electrons. The number of Topliss-reactive ketones (excluding diaryl/α,β-unsaturated/α-hetero) is 1. The molecule has 0 N–H and O–H groups in total. The molecule has 4 rings (SSSR count). The van der Waals surface area contributed by atoms with Gasteiger partial charge in [0, 0.05) is 10.5 Å². The molecule has 2 aliphatic heterocycles. The van der Waals surface area contributed by atoms with Crippen molar-refractivity contribution in [3.8, 4) is 0 Å². The Morgan fingerprint density at radius 2 is 1.47 bits per heavy atom. The Morgan fingerprint density at radius 1 is 0.794 bits per heavy atom. The Bertz CT molecular complexity index is 957. The van der Waals surface area contributed by atoms with Crippen molar-refractivity contribution in [2.45, 2.75) is 116 Å². The lowest BCUT2D eigenvalue weighted by Gasteiger charge is -2.23. The van der Waals surface area contributed by atoms with Crippen LogP contribution in [-0.2, 0) is 12.8 Å². The van der Waals surface area contributed by atoms with Crippen molar-refractivity contribution in [3.05, 3.63) is 69.1 Å². The highest BCUT2D eigenvalue weighted by molar-refractivity contribution is 8.04. The van der Waals surface area contributed by atoms with E-state index in [1.165, 1.54) is 85.8 Å². The van der Waals surface area contributed by atoms with Crippen molar-refractivity contribution in [1.29, 1.82) is 0 Å². The largest absolute Gasteiger partial charge is 0.288 e. The molecule has 0 aromatic heterocycles. The molecule has 1 nitrogen and oxygen atoms in total. The second-order valence-corrected chi connectivity index (χ2v) is 10.8. The molecule has 0 fully saturated rings. The molecule has 2 heteroatoms. The predicted molar refractivity (Wildman–Crippen MR) is 150 cm³/mol. The number of carbonyl (C=O) groups is 1. The normalized spacial score (nSPS) is 15.2. The SMILES string of the molecule is CCCCCCCCCC(CCC)c1cc2c(CC)c(CC)c1SC(=Cc1ccccc1)C2=O. The maximum Gasteiger partial charge on any atom is 0.200 e. The summed E-state index contributed by atoms with van der Waals surface area (Å²) >= 11 is 1.75. The molecule has 1 atom stereocenters. The van der Waals surface area contributed by atoms with Crippen LogP contribution in [0, 0.1) is 0 Å². The van der Waals surface area contributed by atoms with Gasteiger partial charge in [-0.3, -0.25) is 4.79 Å². The van der Waals surface area contributed by atoms with E-state index in [9.17, 15) is 4.79 Å². The van der Waals surface area contributed by atoms with E-state index in [1.807, 2.05) is 18.2 Å². The van der Waals surface area contributed by atoms with Crippen molar-refractivity contribution < 1.29 is 4.79 Å². The highest BCUT2D eigenvalue weighted by Gasteiger charge is 2.30. The molecule has 2 aromatic rings. The summed E-state index contributed by atoms with van der Waals surface area (Å²) in [6.45, 7) is 9.05. The molecule has 0 saturated carbocycles. The van der Waals surface area contributed by atoms with Crippen LogP contribution in [0.25, 0.3) is 6.08 Å². The van der Waals surface area contributed by atoms with Crippen LogP contribution >= 0.6 is 11.8 Å². The topological polar surface area (TPSA) is 17.1 Å². The van der Waals surface area contributed by atoms with E-state index in [0.29, 0.717) is 5.92 Å². The van der Waals surface area contributed by atoms with Crippen LogP contribution in [0.3, 0.4) is 0 Å². The highest BCUT2D eigenvalue weighted by Crippen LogP contribution is 2.47. The molecular formula is C32H44OS. The molecule has 0 amide bonds. The van der Waals surface area contributed by atoms with Gasteiger partial charge in [0.25, 0.3) is 0 Å². The first-order valence-corrected chi connectivity index (χ1v) is 14.6. The smallest absolute Gasteiger partial charge is 0.200 e. The molecule has 0 saturated heterocycles. The first kappa shape index (κ1) is 26.8. The average Bonchev–Trinajstić information content (AvgIpc) is 3.06. The molecule has 2 aromatic carbocycles. The van der Waals surface area contributed by atoms with Gasteiger partial charge in [0.2, 0.25) is 0 Å². The summed E-state index contributed by atoms with van der Waals surface area (Å²) in [4.78, 5) is 16.0. The molecular weight excluding hydrogens is 432 g/mol. The molecule has 2 heterocycles. The van der Waals surface area contributed by atoms with Gasteiger partial charge in [0.05, 0.1) is 4.91 Å². The number of thioether (sulfide) groups is 1. The summed E-state index contributed by atoms with van der Waals surface area (Å²) in [5.74, 6) is 0.773.